The predicted molar refractivity (Wildman–Crippen MR) is 42.5 cm³/mol. The van der Waals surface area contributed by atoms with E-state index in [4.69, 9.17) is 0 Å². The zero-order valence-corrected chi connectivity index (χ0v) is 7.21. The Balaban J connectivity index is 3.01. The van der Waals surface area contributed by atoms with E-state index in [9.17, 15) is 18.4 Å². The highest BCUT2D eigenvalue weighted by molar-refractivity contribution is 5.96. The van der Waals surface area contributed by atoms with Crippen molar-refractivity contribution in [3.8, 4) is 0 Å². The third-order valence-electron chi connectivity index (χ3n) is 1.41. The Morgan fingerprint density at radius 2 is 1.93 bits per heavy atom. The summed E-state index contributed by atoms with van der Waals surface area (Å²) in [6.07, 6.45) is 0. The van der Waals surface area contributed by atoms with Crippen LogP contribution >= 0.6 is 0 Å². The topological polar surface area (TPSA) is 43.4 Å². The fourth-order valence-electron chi connectivity index (χ4n) is 0.847. The molecule has 1 aromatic rings. The van der Waals surface area contributed by atoms with Crippen molar-refractivity contribution in [3.63, 3.8) is 0 Å². The molecule has 0 N–H and O–H groups in total. The number of rotatable bonds is 1. The number of carbonyl (C=O) groups excluding carboxylic acids is 2. The molecule has 1 aromatic carbocycles. The summed E-state index contributed by atoms with van der Waals surface area (Å²) >= 11 is 0. The van der Waals surface area contributed by atoms with E-state index in [1.54, 1.807) is 0 Å². The molecule has 0 saturated carbocycles. The molecule has 0 aliphatic carbocycles. The van der Waals surface area contributed by atoms with Crippen molar-refractivity contribution in [2.45, 2.75) is 6.92 Å². The zero-order valence-electron chi connectivity index (χ0n) is 7.21. The maximum absolute atomic E-state index is 12.9. The first-order valence-electron chi connectivity index (χ1n) is 3.69. The van der Waals surface area contributed by atoms with Crippen LogP contribution in [0.3, 0.4) is 0 Å². The molecule has 0 unspecified atom stereocenters. The van der Waals surface area contributed by atoms with Gasteiger partial charge in [-0.2, -0.15) is 0 Å². The summed E-state index contributed by atoms with van der Waals surface area (Å²) in [6.45, 7) is 0.995. The molecule has 0 heterocycles. The lowest BCUT2D eigenvalue weighted by Gasteiger charge is -2.01. The van der Waals surface area contributed by atoms with Crippen LogP contribution in [-0.2, 0) is 9.53 Å². The highest BCUT2D eigenvalue weighted by atomic mass is 19.2. The number of halogens is 2. The fourth-order valence-corrected chi connectivity index (χ4v) is 0.847. The number of benzene rings is 1. The number of hydrogen-bond donors (Lipinski definition) is 0. The molecule has 0 radical (unpaired) electrons. The summed E-state index contributed by atoms with van der Waals surface area (Å²) in [5.41, 5.74) is -0.597. The van der Waals surface area contributed by atoms with E-state index in [1.807, 2.05) is 0 Å². The normalized spacial score (nSPS) is 9.64. The van der Waals surface area contributed by atoms with Crippen molar-refractivity contribution in [1.29, 1.82) is 0 Å². The second kappa shape index (κ2) is 3.95. The monoisotopic (exact) mass is 200 g/mol. The van der Waals surface area contributed by atoms with Gasteiger partial charge in [-0.25, -0.2) is 13.6 Å². The quantitative estimate of drug-likeness (QED) is 0.511. The maximum Gasteiger partial charge on any atom is 0.348 e. The van der Waals surface area contributed by atoms with Gasteiger partial charge in [0, 0.05) is 6.92 Å². The van der Waals surface area contributed by atoms with Crippen molar-refractivity contribution in [2.24, 2.45) is 0 Å². The Labute approximate surface area is 78.3 Å². The first-order chi connectivity index (χ1) is 6.52. The van der Waals surface area contributed by atoms with Crippen molar-refractivity contribution >= 4 is 11.9 Å². The minimum absolute atomic E-state index is 0.597. The largest absolute Gasteiger partial charge is 0.390 e. The smallest absolute Gasteiger partial charge is 0.348 e. The van der Waals surface area contributed by atoms with E-state index in [0.717, 1.165) is 25.1 Å². The van der Waals surface area contributed by atoms with Gasteiger partial charge in [-0.3, -0.25) is 4.79 Å². The molecule has 1 rings (SSSR count). The summed E-state index contributed by atoms with van der Waals surface area (Å²) in [4.78, 5) is 21.3. The average Bonchev–Trinajstić information content (AvgIpc) is 2.08. The van der Waals surface area contributed by atoms with Gasteiger partial charge in [0.25, 0.3) is 0 Å². The van der Waals surface area contributed by atoms with Gasteiger partial charge in [0.1, 0.15) is 0 Å². The molecule has 0 saturated heterocycles. The fraction of sp³-hybridized carbons (Fsp3) is 0.111. The van der Waals surface area contributed by atoms with Crippen LogP contribution in [0.25, 0.3) is 0 Å². The second-order valence-corrected chi connectivity index (χ2v) is 2.48. The van der Waals surface area contributed by atoms with Gasteiger partial charge in [0.2, 0.25) is 0 Å². The van der Waals surface area contributed by atoms with Crippen LogP contribution in [0.4, 0.5) is 8.78 Å². The first-order valence-corrected chi connectivity index (χ1v) is 3.69. The SMILES string of the molecule is CC(=O)OC(=O)c1cccc(F)c1F. The van der Waals surface area contributed by atoms with Crippen molar-refractivity contribution in [2.75, 3.05) is 0 Å². The van der Waals surface area contributed by atoms with Gasteiger partial charge < -0.3 is 4.74 Å². The van der Waals surface area contributed by atoms with Crippen molar-refractivity contribution < 1.29 is 23.1 Å². The number of ether oxygens (including phenoxy) is 1. The first kappa shape index (κ1) is 10.3. The third-order valence-corrected chi connectivity index (χ3v) is 1.41. The van der Waals surface area contributed by atoms with Crippen LogP contribution in [0.1, 0.15) is 17.3 Å². The second-order valence-electron chi connectivity index (χ2n) is 2.48. The number of carbonyl (C=O) groups is 2. The Bertz CT molecular complexity index is 388. The summed E-state index contributed by atoms with van der Waals surface area (Å²) in [6, 6.07) is 3.04. The molecule has 0 bridgehead atoms. The Morgan fingerprint density at radius 1 is 1.29 bits per heavy atom. The van der Waals surface area contributed by atoms with Crippen molar-refractivity contribution in [3.05, 3.63) is 35.4 Å². The molecule has 14 heavy (non-hydrogen) atoms. The Morgan fingerprint density at radius 3 is 2.50 bits per heavy atom. The van der Waals surface area contributed by atoms with Gasteiger partial charge >= 0.3 is 11.9 Å². The number of esters is 2. The Hall–Kier alpha value is -1.78. The van der Waals surface area contributed by atoms with Gasteiger partial charge in [0.05, 0.1) is 5.56 Å². The molecule has 0 aliphatic heterocycles. The van der Waals surface area contributed by atoms with Crippen LogP contribution in [0, 0.1) is 11.6 Å². The third kappa shape index (κ3) is 2.12. The molecule has 0 fully saturated rings. The standard InChI is InChI=1S/C9H6F2O3/c1-5(12)14-9(13)6-3-2-4-7(10)8(6)11/h2-4H,1H3. The molecule has 0 aromatic heterocycles. The van der Waals surface area contributed by atoms with E-state index in [0.29, 0.717) is 0 Å². The van der Waals surface area contributed by atoms with Gasteiger partial charge in [-0.1, -0.05) is 6.07 Å². The lowest BCUT2D eigenvalue weighted by molar-refractivity contribution is -0.135. The molecule has 74 valence electrons. The highest BCUT2D eigenvalue weighted by Crippen LogP contribution is 2.12. The van der Waals surface area contributed by atoms with E-state index in [-0.39, 0.29) is 0 Å². The highest BCUT2D eigenvalue weighted by Gasteiger charge is 2.17. The summed E-state index contributed by atoms with van der Waals surface area (Å²) in [5.74, 6) is -4.56. The zero-order chi connectivity index (χ0) is 10.7. The van der Waals surface area contributed by atoms with E-state index in [2.05, 4.69) is 4.74 Å². The van der Waals surface area contributed by atoms with Gasteiger partial charge in [-0.05, 0) is 12.1 Å². The predicted octanol–water partition coefficient (Wildman–Crippen LogP) is 1.67. The minimum atomic E-state index is -1.32. The van der Waals surface area contributed by atoms with Gasteiger partial charge in [0.15, 0.2) is 11.6 Å². The van der Waals surface area contributed by atoms with Crippen LogP contribution in [0.5, 0.6) is 0 Å². The van der Waals surface area contributed by atoms with E-state index >= 15 is 0 Å². The van der Waals surface area contributed by atoms with Crippen LogP contribution in [-0.4, -0.2) is 11.9 Å². The summed E-state index contributed by atoms with van der Waals surface area (Å²) in [7, 11) is 0. The molecule has 0 amide bonds. The molecule has 0 atom stereocenters. The van der Waals surface area contributed by atoms with Crippen molar-refractivity contribution in [1.82, 2.24) is 0 Å². The van der Waals surface area contributed by atoms with Gasteiger partial charge in [-0.15, -0.1) is 0 Å². The molecule has 3 nitrogen and oxygen atoms in total. The maximum atomic E-state index is 12.9. The molecule has 0 spiro atoms. The average molecular weight is 200 g/mol. The Kier molecular flexibility index (Phi) is 2.91. The van der Waals surface area contributed by atoms with E-state index < -0.39 is 29.1 Å². The van der Waals surface area contributed by atoms with Crippen LogP contribution in [0.15, 0.2) is 18.2 Å². The molecule has 5 heteroatoms. The molecular formula is C9H6F2O3. The van der Waals surface area contributed by atoms with Crippen LogP contribution < -0.4 is 0 Å². The molecule has 0 aliphatic rings. The van der Waals surface area contributed by atoms with E-state index in [1.165, 1.54) is 0 Å². The summed E-state index contributed by atoms with van der Waals surface area (Å²) < 4.78 is 29.6. The minimum Gasteiger partial charge on any atom is -0.390 e. The number of hydrogen-bond acceptors (Lipinski definition) is 3. The lowest BCUT2D eigenvalue weighted by atomic mass is 10.2. The lowest BCUT2D eigenvalue weighted by Crippen LogP contribution is -2.11. The van der Waals surface area contributed by atoms with Crippen LogP contribution in [0.2, 0.25) is 0 Å². The summed E-state index contributed by atoms with van der Waals surface area (Å²) in [5, 5.41) is 0. The molecular weight excluding hydrogens is 194 g/mol.